The summed E-state index contributed by atoms with van der Waals surface area (Å²) in [5.41, 5.74) is 0. The molecule has 0 aromatic rings. The fraction of sp³-hybridized carbons (Fsp3) is 1.00. The van der Waals surface area contributed by atoms with Crippen LogP contribution >= 0.6 is 0 Å². The summed E-state index contributed by atoms with van der Waals surface area (Å²) in [6, 6.07) is 0. The van der Waals surface area contributed by atoms with E-state index >= 15 is 0 Å². The molecule has 0 N–H and O–H groups in total. The predicted octanol–water partition coefficient (Wildman–Crippen LogP) is 4.11. The molecular formula is C6H3F11. The average molecular weight is 284 g/mol. The van der Waals surface area contributed by atoms with Gasteiger partial charge in [0.2, 0.25) is 0 Å². The van der Waals surface area contributed by atoms with Crippen LogP contribution in [0.1, 0.15) is 6.42 Å². The molecule has 0 aromatic carbocycles. The van der Waals surface area contributed by atoms with E-state index in [9.17, 15) is 48.3 Å². The van der Waals surface area contributed by atoms with Gasteiger partial charge in [-0.3, -0.25) is 0 Å². The fourth-order valence-electron chi connectivity index (χ4n) is 0.725. The van der Waals surface area contributed by atoms with Gasteiger partial charge >= 0.3 is 18.3 Å². The zero-order valence-corrected chi connectivity index (χ0v) is 7.44. The Morgan fingerprint density at radius 2 is 1.06 bits per heavy atom. The zero-order chi connectivity index (χ0) is 14.3. The zero-order valence-electron chi connectivity index (χ0n) is 7.44. The van der Waals surface area contributed by atoms with Crippen molar-refractivity contribution in [1.82, 2.24) is 0 Å². The first-order valence-corrected chi connectivity index (χ1v) is 3.64. The third kappa shape index (κ3) is 3.87. The van der Waals surface area contributed by atoms with Crippen LogP contribution in [0.2, 0.25) is 0 Å². The molecule has 104 valence electrons. The lowest BCUT2D eigenvalue weighted by molar-refractivity contribution is -0.318. The largest absolute Gasteiger partial charge is 0.453 e. The Hall–Kier alpha value is -0.770. The predicted molar refractivity (Wildman–Crippen MR) is 31.5 cm³/mol. The molecule has 0 saturated heterocycles. The lowest BCUT2D eigenvalue weighted by Gasteiger charge is -2.27. The summed E-state index contributed by atoms with van der Waals surface area (Å²) in [5.74, 6) is -12.0. The summed E-state index contributed by atoms with van der Waals surface area (Å²) < 4.78 is 129. The van der Waals surface area contributed by atoms with E-state index in [0.717, 1.165) is 0 Å². The minimum Gasteiger partial charge on any atom is -0.231 e. The monoisotopic (exact) mass is 284 g/mol. The molecule has 0 aromatic heterocycles. The van der Waals surface area contributed by atoms with E-state index in [2.05, 4.69) is 0 Å². The van der Waals surface area contributed by atoms with E-state index < -0.39 is 36.8 Å². The van der Waals surface area contributed by atoms with Crippen molar-refractivity contribution in [2.24, 2.45) is 0 Å². The van der Waals surface area contributed by atoms with Gasteiger partial charge in [0.25, 0.3) is 12.1 Å². The standard InChI is InChI=1S/C6H3F11/c7-2(5(12,13)14)3(8,9)1-4(10,11)6(15,16)17/h2H,1H2. The molecule has 0 rings (SSSR count). The van der Waals surface area contributed by atoms with Gasteiger partial charge in [0.1, 0.15) is 0 Å². The Balaban J connectivity index is 5.01. The molecule has 0 nitrogen and oxygen atoms in total. The van der Waals surface area contributed by atoms with Gasteiger partial charge in [-0.2, -0.15) is 35.1 Å². The van der Waals surface area contributed by atoms with E-state index in [4.69, 9.17) is 0 Å². The Morgan fingerprint density at radius 1 is 0.706 bits per heavy atom. The average Bonchev–Trinajstić information content (AvgIpc) is 1.96. The Labute approximate surface area is 86.4 Å². The van der Waals surface area contributed by atoms with Crippen molar-refractivity contribution in [2.75, 3.05) is 0 Å². The number of rotatable bonds is 3. The second kappa shape index (κ2) is 4.16. The first-order valence-electron chi connectivity index (χ1n) is 3.64. The normalized spacial score (nSPS) is 17.1. The summed E-state index contributed by atoms with van der Waals surface area (Å²) in [7, 11) is 0. The Kier molecular flexibility index (Phi) is 3.97. The molecule has 0 amide bonds. The molecule has 1 unspecified atom stereocenters. The summed E-state index contributed by atoms with van der Waals surface area (Å²) in [6.07, 6.45) is -21.4. The molecule has 11 heteroatoms. The Morgan fingerprint density at radius 3 is 1.29 bits per heavy atom. The summed E-state index contributed by atoms with van der Waals surface area (Å²) in [5, 5.41) is 0. The van der Waals surface area contributed by atoms with Crippen LogP contribution in [0.25, 0.3) is 0 Å². The SMILES string of the molecule is FC(C(F)(F)F)C(F)(F)CC(F)(F)C(F)(F)F. The van der Waals surface area contributed by atoms with Gasteiger partial charge < -0.3 is 0 Å². The van der Waals surface area contributed by atoms with Crippen molar-refractivity contribution in [2.45, 2.75) is 36.8 Å². The highest BCUT2D eigenvalue weighted by atomic mass is 19.4. The van der Waals surface area contributed by atoms with Crippen molar-refractivity contribution in [1.29, 1.82) is 0 Å². The van der Waals surface area contributed by atoms with Gasteiger partial charge in [0.05, 0.1) is 6.42 Å². The summed E-state index contributed by atoms with van der Waals surface area (Å²) in [4.78, 5) is 0. The van der Waals surface area contributed by atoms with Gasteiger partial charge in [-0.15, -0.1) is 0 Å². The maximum Gasteiger partial charge on any atom is 0.453 e. The van der Waals surface area contributed by atoms with Crippen LogP contribution in [0.3, 0.4) is 0 Å². The molecule has 0 saturated carbocycles. The molecular weight excluding hydrogens is 281 g/mol. The molecule has 0 heterocycles. The van der Waals surface area contributed by atoms with Crippen LogP contribution in [0, 0.1) is 0 Å². The third-order valence-electron chi connectivity index (χ3n) is 1.53. The minimum absolute atomic E-state index is 3.61. The quantitative estimate of drug-likeness (QED) is 0.684. The molecule has 0 aliphatic rings. The Bertz CT molecular complexity index is 258. The van der Waals surface area contributed by atoms with Crippen LogP contribution in [-0.2, 0) is 0 Å². The van der Waals surface area contributed by atoms with Crippen molar-refractivity contribution >= 4 is 0 Å². The van der Waals surface area contributed by atoms with Gasteiger partial charge in [-0.05, 0) is 0 Å². The van der Waals surface area contributed by atoms with Gasteiger partial charge in [0.15, 0.2) is 0 Å². The van der Waals surface area contributed by atoms with E-state index in [1.807, 2.05) is 0 Å². The molecule has 1 atom stereocenters. The van der Waals surface area contributed by atoms with Gasteiger partial charge in [-0.1, -0.05) is 0 Å². The number of halogens is 11. The highest BCUT2D eigenvalue weighted by Gasteiger charge is 2.67. The van der Waals surface area contributed by atoms with Crippen molar-refractivity contribution in [3.05, 3.63) is 0 Å². The van der Waals surface area contributed by atoms with E-state index in [-0.39, 0.29) is 0 Å². The molecule has 0 bridgehead atoms. The first-order chi connectivity index (χ1) is 7.11. The van der Waals surface area contributed by atoms with Crippen LogP contribution in [0.4, 0.5) is 48.3 Å². The number of hydrogen-bond donors (Lipinski definition) is 0. The van der Waals surface area contributed by atoms with Gasteiger partial charge in [-0.25, -0.2) is 13.2 Å². The van der Waals surface area contributed by atoms with E-state index in [0.29, 0.717) is 0 Å². The maximum atomic E-state index is 12.3. The topological polar surface area (TPSA) is 0 Å². The molecule has 0 spiro atoms. The summed E-state index contributed by atoms with van der Waals surface area (Å²) >= 11 is 0. The van der Waals surface area contributed by atoms with E-state index in [1.54, 1.807) is 0 Å². The van der Waals surface area contributed by atoms with Crippen molar-refractivity contribution in [3.8, 4) is 0 Å². The van der Waals surface area contributed by atoms with Crippen LogP contribution in [0.5, 0.6) is 0 Å². The van der Waals surface area contributed by atoms with Crippen LogP contribution in [0.15, 0.2) is 0 Å². The van der Waals surface area contributed by atoms with Crippen molar-refractivity contribution in [3.63, 3.8) is 0 Å². The molecule has 17 heavy (non-hydrogen) atoms. The maximum absolute atomic E-state index is 12.3. The fourth-order valence-corrected chi connectivity index (χ4v) is 0.725. The third-order valence-corrected chi connectivity index (χ3v) is 1.53. The highest BCUT2D eigenvalue weighted by Crippen LogP contribution is 2.46. The first kappa shape index (κ1) is 16.2. The molecule has 0 fully saturated rings. The van der Waals surface area contributed by atoms with Crippen molar-refractivity contribution < 1.29 is 48.3 Å². The highest BCUT2D eigenvalue weighted by molar-refractivity contribution is 4.90. The summed E-state index contributed by atoms with van der Waals surface area (Å²) in [6.45, 7) is 0. The van der Waals surface area contributed by atoms with Crippen LogP contribution < -0.4 is 0 Å². The molecule has 0 aliphatic carbocycles. The van der Waals surface area contributed by atoms with Gasteiger partial charge in [0, 0.05) is 0 Å². The second-order valence-corrected chi connectivity index (χ2v) is 3.04. The molecule has 0 radical (unpaired) electrons. The smallest absolute Gasteiger partial charge is 0.231 e. The lowest BCUT2D eigenvalue weighted by Crippen LogP contribution is -2.49. The number of alkyl halides is 11. The lowest BCUT2D eigenvalue weighted by atomic mass is 10.0. The second-order valence-electron chi connectivity index (χ2n) is 3.04. The number of hydrogen-bond acceptors (Lipinski definition) is 0. The van der Waals surface area contributed by atoms with E-state index in [1.165, 1.54) is 0 Å². The van der Waals surface area contributed by atoms with Crippen LogP contribution in [-0.4, -0.2) is 30.4 Å². The molecule has 0 aliphatic heterocycles. The minimum atomic E-state index is -6.48.